The summed E-state index contributed by atoms with van der Waals surface area (Å²) in [6.45, 7) is 4.11. The normalized spacial score (nSPS) is 10.8. The predicted octanol–water partition coefficient (Wildman–Crippen LogP) is 0.603. The van der Waals surface area contributed by atoms with Gasteiger partial charge in [-0.25, -0.2) is 13.1 Å². The Bertz CT molecular complexity index is 554. The largest absolute Gasteiger partial charge is 0.320 e. The molecule has 3 N–H and O–H groups in total. The first-order valence-corrected chi connectivity index (χ1v) is 6.79. The van der Waals surface area contributed by atoms with Gasteiger partial charge in [0.15, 0.2) is 0 Å². The highest BCUT2D eigenvalue weighted by Gasteiger charge is 2.15. The second-order valence-corrected chi connectivity index (χ2v) is 5.22. The van der Waals surface area contributed by atoms with Crippen molar-refractivity contribution in [2.24, 2.45) is 5.73 Å². The van der Waals surface area contributed by atoms with E-state index in [2.05, 4.69) is 16.6 Å². The molecule has 0 aliphatic heterocycles. The zero-order valence-electron chi connectivity index (χ0n) is 9.95. The van der Waals surface area contributed by atoms with Crippen molar-refractivity contribution in [3.05, 3.63) is 29.3 Å². The minimum absolute atomic E-state index is 0.253. The lowest BCUT2D eigenvalue weighted by molar-refractivity contribution is 0.583. The lowest BCUT2D eigenvalue weighted by Gasteiger charge is -2.08. The van der Waals surface area contributed by atoms with Gasteiger partial charge in [0, 0.05) is 12.1 Å². The van der Waals surface area contributed by atoms with Gasteiger partial charge in [-0.05, 0) is 24.6 Å². The van der Waals surface area contributed by atoms with E-state index in [1.807, 2.05) is 0 Å². The van der Waals surface area contributed by atoms with Crippen LogP contribution in [-0.2, 0) is 10.0 Å². The zero-order valence-corrected chi connectivity index (χ0v) is 10.8. The van der Waals surface area contributed by atoms with Gasteiger partial charge in [0.05, 0.1) is 11.4 Å². The Morgan fingerprint density at radius 3 is 2.71 bits per heavy atom. The maximum Gasteiger partial charge on any atom is 0.240 e. The minimum Gasteiger partial charge on any atom is -0.320 e. The van der Waals surface area contributed by atoms with E-state index in [0.29, 0.717) is 17.7 Å². The van der Waals surface area contributed by atoms with Crippen LogP contribution >= 0.6 is 0 Å². The molecule has 0 aromatic heterocycles. The van der Waals surface area contributed by atoms with Crippen molar-refractivity contribution in [2.75, 3.05) is 13.1 Å². The van der Waals surface area contributed by atoms with Gasteiger partial charge in [-0.1, -0.05) is 24.8 Å². The molecule has 0 radical (unpaired) electrons. The second kappa shape index (κ2) is 5.82. The van der Waals surface area contributed by atoms with Crippen molar-refractivity contribution in [1.29, 1.82) is 0 Å². The number of sulfonamides is 1. The lowest BCUT2D eigenvalue weighted by Crippen LogP contribution is -2.24. The van der Waals surface area contributed by atoms with Crippen LogP contribution in [0, 0.1) is 18.8 Å². The molecule has 0 atom stereocenters. The maximum atomic E-state index is 11.9. The smallest absolute Gasteiger partial charge is 0.240 e. The van der Waals surface area contributed by atoms with Crippen LogP contribution in [0.1, 0.15) is 18.1 Å². The molecular formula is C12H16N2O2S. The summed E-state index contributed by atoms with van der Waals surface area (Å²) in [5, 5.41) is 0. The Kier molecular flexibility index (Phi) is 4.70. The molecule has 0 fully saturated rings. The first kappa shape index (κ1) is 13.7. The standard InChI is InChI=1S/C12H16N2O2S/c1-3-14-17(15,16)12-9-11(5-4-8-13)7-6-10(12)2/h6-7,9,14H,3,8,13H2,1-2H3. The van der Waals surface area contributed by atoms with E-state index in [9.17, 15) is 8.42 Å². The van der Waals surface area contributed by atoms with Crippen LogP contribution < -0.4 is 10.5 Å². The molecule has 92 valence electrons. The van der Waals surface area contributed by atoms with Gasteiger partial charge in [-0.2, -0.15) is 0 Å². The summed E-state index contributed by atoms with van der Waals surface area (Å²) in [7, 11) is -3.44. The highest BCUT2D eigenvalue weighted by molar-refractivity contribution is 7.89. The monoisotopic (exact) mass is 252 g/mol. The summed E-state index contributed by atoms with van der Waals surface area (Å²) >= 11 is 0. The van der Waals surface area contributed by atoms with Crippen molar-refractivity contribution in [2.45, 2.75) is 18.7 Å². The van der Waals surface area contributed by atoms with Crippen LogP contribution in [0.15, 0.2) is 23.1 Å². The fraction of sp³-hybridized carbons (Fsp3) is 0.333. The van der Waals surface area contributed by atoms with Gasteiger partial charge in [0.2, 0.25) is 10.0 Å². The maximum absolute atomic E-state index is 11.9. The number of nitrogens with two attached hydrogens (primary N) is 1. The number of hydrogen-bond donors (Lipinski definition) is 2. The Hall–Kier alpha value is -1.35. The minimum atomic E-state index is -3.44. The molecule has 0 saturated heterocycles. The fourth-order valence-electron chi connectivity index (χ4n) is 1.39. The highest BCUT2D eigenvalue weighted by Crippen LogP contribution is 2.16. The van der Waals surface area contributed by atoms with Crippen molar-refractivity contribution in [3.63, 3.8) is 0 Å². The SMILES string of the molecule is CCNS(=O)(=O)c1cc(C#CCN)ccc1C. The van der Waals surface area contributed by atoms with Gasteiger partial charge in [-0.3, -0.25) is 0 Å². The second-order valence-electron chi connectivity index (χ2n) is 3.49. The topological polar surface area (TPSA) is 72.2 Å². The Morgan fingerprint density at radius 1 is 1.41 bits per heavy atom. The number of hydrogen-bond acceptors (Lipinski definition) is 3. The molecule has 17 heavy (non-hydrogen) atoms. The van der Waals surface area contributed by atoms with Crippen molar-refractivity contribution in [3.8, 4) is 11.8 Å². The number of aryl methyl sites for hydroxylation is 1. The van der Waals surface area contributed by atoms with E-state index in [0.717, 1.165) is 0 Å². The molecule has 1 rings (SSSR count). The number of benzene rings is 1. The molecule has 0 unspecified atom stereocenters. The third kappa shape index (κ3) is 3.56. The van der Waals surface area contributed by atoms with Crippen LogP contribution in [-0.4, -0.2) is 21.5 Å². The number of nitrogens with one attached hydrogen (secondary N) is 1. The van der Waals surface area contributed by atoms with E-state index in [1.54, 1.807) is 32.0 Å². The van der Waals surface area contributed by atoms with E-state index in [4.69, 9.17) is 5.73 Å². The van der Waals surface area contributed by atoms with Gasteiger partial charge >= 0.3 is 0 Å². The number of rotatable bonds is 3. The predicted molar refractivity (Wildman–Crippen MR) is 68.0 cm³/mol. The van der Waals surface area contributed by atoms with Crippen LogP contribution in [0.3, 0.4) is 0 Å². The van der Waals surface area contributed by atoms with Crippen molar-refractivity contribution < 1.29 is 8.42 Å². The molecule has 0 bridgehead atoms. The van der Waals surface area contributed by atoms with E-state index >= 15 is 0 Å². The molecule has 1 aromatic rings. The summed E-state index contributed by atoms with van der Waals surface area (Å²) in [6, 6.07) is 5.09. The molecule has 0 aliphatic carbocycles. The van der Waals surface area contributed by atoms with Gasteiger partial charge in [-0.15, -0.1) is 0 Å². The third-order valence-corrected chi connectivity index (χ3v) is 3.83. The van der Waals surface area contributed by atoms with E-state index in [-0.39, 0.29) is 11.4 Å². The summed E-state index contributed by atoms with van der Waals surface area (Å²) in [5.74, 6) is 5.52. The Balaban J connectivity index is 3.24. The molecule has 1 aromatic carbocycles. The average molecular weight is 252 g/mol. The molecule has 0 saturated carbocycles. The molecular weight excluding hydrogens is 236 g/mol. The molecule has 5 heteroatoms. The molecule has 0 aliphatic rings. The zero-order chi connectivity index (χ0) is 12.9. The van der Waals surface area contributed by atoms with Crippen LogP contribution in [0.25, 0.3) is 0 Å². The Labute approximate surface area is 102 Å². The summed E-state index contributed by atoms with van der Waals surface area (Å²) in [5.41, 5.74) is 6.62. The summed E-state index contributed by atoms with van der Waals surface area (Å²) in [4.78, 5) is 0.267. The van der Waals surface area contributed by atoms with Gasteiger partial charge < -0.3 is 5.73 Å². The van der Waals surface area contributed by atoms with Gasteiger partial charge in [0.1, 0.15) is 0 Å². The summed E-state index contributed by atoms with van der Waals surface area (Å²) in [6.07, 6.45) is 0. The fourth-order valence-corrected chi connectivity index (χ4v) is 2.70. The first-order valence-electron chi connectivity index (χ1n) is 5.30. The van der Waals surface area contributed by atoms with Crippen molar-refractivity contribution in [1.82, 2.24) is 4.72 Å². The molecule has 4 nitrogen and oxygen atoms in total. The lowest BCUT2D eigenvalue weighted by atomic mass is 10.1. The molecule has 0 spiro atoms. The average Bonchev–Trinajstić information content (AvgIpc) is 2.27. The van der Waals surface area contributed by atoms with Gasteiger partial charge in [0.25, 0.3) is 0 Å². The van der Waals surface area contributed by atoms with E-state index < -0.39 is 10.0 Å². The quantitative estimate of drug-likeness (QED) is 0.774. The first-order chi connectivity index (χ1) is 8.01. The third-order valence-electron chi connectivity index (χ3n) is 2.15. The van der Waals surface area contributed by atoms with Crippen LogP contribution in [0.4, 0.5) is 0 Å². The Morgan fingerprint density at radius 2 is 2.12 bits per heavy atom. The molecule has 0 amide bonds. The highest BCUT2D eigenvalue weighted by atomic mass is 32.2. The van der Waals surface area contributed by atoms with E-state index in [1.165, 1.54) is 0 Å². The van der Waals surface area contributed by atoms with Crippen LogP contribution in [0.5, 0.6) is 0 Å². The van der Waals surface area contributed by atoms with Crippen molar-refractivity contribution >= 4 is 10.0 Å². The summed E-state index contributed by atoms with van der Waals surface area (Å²) < 4.78 is 26.3. The molecule has 0 heterocycles. The van der Waals surface area contributed by atoms with Crippen LogP contribution in [0.2, 0.25) is 0 Å².